The summed E-state index contributed by atoms with van der Waals surface area (Å²) in [5, 5.41) is 16.9. The van der Waals surface area contributed by atoms with Gasteiger partial charge in [-0.3, -0.25) is 9.59 Å². The first kappa shape index (κ1) is 16.7. The number of thioether (sulfide) groups is 1. The van der Waals surface area contributed by atoms with Gasteiger partial charge in [-0.25, -0.2) is 0 Å². The normalized spacial score (nSPS) is 11.1. The highest BCUT2D eigenvalue weighted by Crippen LogP contribution is 2.25. The Kier molecular flexibility index (Phi) is 4.39. The molecule has 0 atom stereocenters. The molecular formula is C17H13N5O2S2. The Balaban J connectivity index is 1.49. The van der Waals surface area contributed by atoms with Crippen molar-refractivity contribution in [2.75, 3.05) is 11.1 Å². The molecule has 0 aliphatic carbocycles. The van der Waals surface area contributed by atoms with Crippen molar-refractivity contribution in [2.24, 2.45) is 0 Å². The van der Waals surface area contributed by atoms with Crippen molar-refractivity contribution in [1.29, 1.82) is 0 Å². The summed E-state index contributed by atoms with van der Waals surface area (Å²) >= 11 is 2.49. The van der Waals surface area contributed by atoms with E-state index >= 15 is 0 Å². The van der Waals surface area contributed by atoms with E-state index in [1.807, 2.05) is 42.5 Å². The molecule has 0 unspecified atom stereocenters. The number of carbonyl (C=O) groups excluding carboxylic acids is 1. The first-order valence-electron chi connectivity index (χ1n) is 7.75. The number of amides is 1. The topological polar surface area (TPSA) is 89.2 Å². The maximum atomic E-state index is 12.3. The quantitative estimate of drug-likeness (QED) is 0.545. The van der Waals surface area contributed by atoms with E-state index in [2.05, 4.69) is 20.6 Å². The highest BCUT2D eigenvalue weighted by molar-refractivity contribution is 8.01. The van der Waals surface area contributed by atoms with Gasteiger partial charge < -0.3 is 5.32 Å². The molecule has 130 valence electrons. The summed E-state index contributed by atoms with van der Waals surface area (Å²) in [5.74, 6) is 0.0460. The standard InChI is InChI=1S/C17H13N5O2S2/c1-10-15(24)22-16(20-19-10)26-17(21-22)25-9-14(23)18-13-8-4-6-11-5-2-3-7-12(11)13/h2-8H,9H2,1H3,(H,18,23). The molecule has 0 saturated carbocycles. The van der Waals surface area contributed by atoms with Crippen molar-refractivity contribution in [3.63, 3.8) is 0 Å². The smallest absolute Gasteiger partial charge is 0.296 e. The van der Waals surface area contributed by atoms with E-state index < -0.39 is 0 Å². The fourth-order valence-electron chi connectivity index (χ4n) is 2.48. The zero-order valence-electron chi connectivity index (χ0n) is 13.7. The molecule has 0 fully saturated rings. The molecule has 2 aromatic heterocycles. The number of aromatic nitrogens is 4. The SMILES string of the molecule is Cc1nnc2sc(SCC(=O)Nc3cccc4ccccc34)nn2c1=O. The van der Waals surface area contributed by atoms with E-state index in [9.17, 15) is 9.59 Å². The predicted molar refractivity (Wildman–Crippen MR) is 103 cm³/mol. The van der Waals surface area contributed by atoms with Crippen molar-refractivity contribution in [3.05, 3.63) is 58.5 Å². The van der Waals surface area contributed by atoms with Crippen molar-refractivity contribution in [3.8, 4) is 0 Å². The molecule has 0 radical (unpaired) electrons. The van der Waals surface area contributed by atoms with Gasteiger partial charge in [0, 0.05) is 11.1 Å². The van der Waals surface area contributed by atoms with E-state index in [0.717, 1.165) is 16.5 Å². The van der Waals surface area contributed by atoms with Crippen molar-refractivity contribution < 1.29 is 4.79 Å². The Morgan fingerprint density at radius 3 is 2.88 bits per heavy atom. The van der Waals surface area contributed by atoms with Gasteiger partial charge in [-0.05, 0) is 18.4 Å². The first-order valence-corrected chi connectivity index (χ1v) is 9.55. The van der Waals surface area contributed by atoms with Gasteiger partial charge in [0.25, 0.3) is 5.56 Å². The Bertz CT molecular complexity index is 1180. The lowest BCUT2D eigenvalue weighted by molar-refractivity contribution is -0.113. The molecule has 0 aliphatic heterocycles. The summed E-state index contributed by atoms with van der Waals surface area (Å²) in [7, 11) is 0. The molecule has 2 aromatic carbocycles. The minimum Gasteiger partial charge on any atom is -0.325 e. The second-order valence-corrected chi connectivity index (χ2v) is 7.69. The number of hydrogen-bond acceptors (Lipinski definition) is 7. The molecule has 4 aromatic rings. The van der Waals surface area contributed by atoms with Crippen LogP contribution >= 0.6 is 23.1 Å². The van der Waals surface area contributed by atoms with E-state index in [0.29, 0.717) is 9.30 Å². The van der Waals surface area contributed by atoms with Crippen molar-refractivity contribution in [2.45, 2.75) is 11.3 Å². The number of anilines is 1. The fourth-order valence-corrected chi connectivity index (χ4v) is 4.15. The van der Waals surface area contributed by atoms with Gasteiger partial charge in [-0.1, -0.05) is 59.5 Å². The van der Waals surface area contributed by atoms with Gasteiger partial charge in [-0.15, -0.1) is 15.3 Å². The Labute approximate surface area is 156 Å². The average molecular weight is 383 g/mol. The lowest BCUT2D eigenvalue weighted by Crippen LogP contribution is -2.19. The van der Waals surface area contributed by atoms with Crippen LogP contribution in [-0.4, -0.2) is 31.5 Å². The van der Waals surface area contributed by atoms with Crippen LogP contribution in [0.2, 0.25) is 0 Å². The lowest BCUT2D eigenvalue weighted by atomic mass is 10.1. The van der Waals surface area contributed by atoms with Gasteiger partial charge in [0.1, 0.15) is 5.69 Å². The summed E-state index contributed by atoms with van der Waals surface area (Å²) < 4.78 is 1.81. The van der Waals surface area contributed by atoms with Crippen LogP contribution in [0.4, 0.5) is 5.69 Å². The van der Waals surface area contributed by atoms with Crippen LogP contribution in [-0.2, 0) is 4.79 Å². The zero-order valence-corrected chi connectivity index (χ0v) is 15.3. The number of carbonyl (C=O) groups is 1. The Morgan fingerprint density at radius 1 is 1.19 bits per heavy atom. The molecule has 1 N–H and O–H groups in total. The third kappa shape index (κ3) is 3.18. The van der Waals surface area contributed by atoms with Crippen LogP contribution in [0, 0.1) is 6.92 Å². The summed E-state index contributed by atoms with van der Waals surface area (Å²) in [6.07, 6.45) is 0. The number of benzene rings is 2. The average Bonchev–Trinajstić information content (AvgIpc) is 3.07. The molecule has 7 nitrogen and oxygen atoms in total. The van der Waals surface area contributed by atoms with Crippen LogP contribution in [0.25, 0.3) is 15.7 Å². The molecule has 2 heterocycles. The first-order chi connectivity index (χ1) is 12.6. The zero-order chi connectivity index (χ0) is 18.1. The Morgan fingerprint density at radius 2 is 2.00 bits per heavy atom. The number of hydrogen-bond donors (Lipinski definition) is 1. The third-order valence-corrected chi connectivity index (χ3v) is 5.75. The van der Waals surface area contributed by atoms with Crippen LogP contribution in [0.1, 0.15) is 5.69 Å². The largest absolute Gasteiger partial charge is 0.325 e. The molecule has 26 heavy (non-hydrogen) atoms. The van der Waals surface area contributed by atoms with E-state index in [4.69, 9.17) is 0 Å². The number of fused-ring (bicyclic) bond motifs is 2. The number of nitrogens with zero attached hydrogens (tertiary/aromatic N) is 4. The van der Waals surface area contributed by atoms with Crippen LogP contribution in [0.5, 0.6) is 0 Å². The highest BCUT2D eigenvalue weighted by Gasteiger charge is 2.12. The molecule has 1 amide bonds. The minimum absolute atomic E-state index is 0.139. The van der Waals surface area contributed by atoms with E-state index in [1.165, 1.54) is 27.6 Å². The van der Waals surface area contributed by atoms with Gasteiger partial charge in [0.05, 0.1) is 5.75 Å². The van der Waals surface area contributed by atoms with Crippen LogP contribution < -0.4 is 10.9 Å². The maximum Gasteiger partial charge on any atom is 0.296 e. The molecule has 0 aliphatic rings. The molecular weight excluding hydrogens is 370 g/mol. The molecule has 4 rings (SSSR count). The number of aryl methyl sites for hydroxylation is 1. The van der Waals surface area contributed by atoms with Crippen LogP contribution in [0.15, 0.2) is 51.6 Å². The monoisotopic (exact) mass is 383 g/mol. The second kappa shape index (κ2) is 6.85. The molecule has 9 heteroatoms. The van der Waals surface area contributed by atoms with Gasteiger partial charge in [0.2, 0.25) is 10.9 Å². The maximum absolute atomic E-state index is 12.3. The molecule has 0 bridgehead atoms. The second-order valence-electron chi connectivity index (χ2n) is 5.52. The third-order valence-electron chi connectivity index (χ3n) is 3.72. The number of rotatable bonds is 4. The Hall–Kier alpha value is -2.78. The predicted octanol–water partition coefficient (Wildman–Crippen LogP) is 2.74. The minimum atomic E-state index is -0.293. The fraction of sp³-hybridized carbons (Fsp3) is 0.118. The van der Waals surface area contributed by atoms with Crippen LogP contribution in [0.3, 0.4) is 0 Å². The highest BCUT2D eigenvalue weighted by atomic mass is 32.2. The summed E-state index contributed by atoms with van der Waals surface area (Å²) in [5.41, 5.74) is 0.770. The van der Waals surface area contributed by atoms with Crippen molar-refractivity contribution >= 4 is 50.4 Å². The molecule has 0 saturated heterocycles. The van der Waals surface area contributed by atoms with Gasteiger partial charge in [-0.2, -0.15) is 4.52 Å². The van der Waals surface area contributed by atoms with E-state index in [1.54, 1.807) is 6.92 Å². The molecule has 0 spiro atoms. The summed E-state index contributed by atoms with van der Waals surface area (Å²) in [4.78, 5) is 24.7. The summed E-state index contributed by atoms with van der Waals surface area (Å²) in [6, 6.07) is 13.7. The van der Waals surface area contributed by atoms with Gasteiger partial charge in [0.15, 0.2) is 4.34 Å². The lowest BCUT2D eigenvalue weighted by Gasteiger charge is -2.08. The van der Waals surface area contributed by atoms with Crippen molar-refractivity contribution in [1.82, 2.24) is 19.8 Å². The number of nitrogens with one attached hydrogen (secondary N) is 1. The summed E-state index contributed by atoms with van der Waals surface area (Å²) in [6.45, 7) is 1.59. The van der Waals surface area contributed by atoms with E-state index in [-0.39, 0.29) is 22.9 Å². The van der Waals surface area contributed by atoms with Gasteiger partial charge >= 0.3 is 0 Å².